The zero-order chi connectivity index (χ0) is 10.5. The van der Waals surface area contributed by atoms with Crippen molar-refractivity contribution in [2.24, 2.45) is 0 Å². The molecule has 4 aromatic rings. The summed E-state index contributed by atoms with van der Waals surface area (Å²) in [5.41, 5.74) is 3.62. The number of nitrogens with zero attached hydrogens (tertiary/aromatic N) is 1. The molecule has 2 nitrogen and oxygen atoms in total. The van der Waals surface area contributed by atoms with Crippen LogP contribution in [0.2, 0.25) is 0 Å². The monoisotopic (exact) mass is 206 g/mol. The standard InChI is InChI=1S/C14H10N2/c1-2-6-13-11(5-1)12-9-16-7-3-4-10(16)8-14(12)15-13/h1-9,15H. The summed E-state index contributed by atoms with van der Waals surface area (Å²) in [6.45, 7) is 0. The first kappa shape index (κ1) is 7.99. The van der Waals surface area contributed by atoms with Crippen LogP contribution < -0.4 is 0 Å². The summed E-state index contributed by atoms with van der Waals surface area (Å²) in [7, 11) is 0. The molecule has 0 saturated heterocycles. The Morgan fingerprint density at radius 1 is 0.875 bits per heavy atom. The molecule has 0 saturated carbocycles. The van der Waals surface area contributed by atoms with Gasteiger partial charge in [0.1, 0.15) is 0 Å². The lowest BCUT2D eigenvalue weighted by Gasteiger charge is -1.95. The summed E-state index contributed by atoms with van der Waals surface area (Å²) in [6, 6.07) is 14.8. The maximum absolute atomic E-state index is 3.45. The van der Waals surface area contributed by atoms with Crippen LogP contribution in [0.1, 0.15) is 0 Å². The van der Waals surface area contributed by atoms with Gasteiger partial charge >= 0.3 is 0 Å². The zero-order valence-corrected chi connectivity index (χ0v) is 8.64. The summed E-state index contributed by atoms with van der Waals surface area (Å²) < 4.78 is 2.16. The van der Waals surface area contributed by atoms with E-state index in [0.717, 1.165) is 0 Å². The molecule has 1 aromatic carbocycles. The van der Waals surface area contributed by atoms with Crippen molar-refractivity contribution in [2.45, 2.75) is 0 Å². The maximum atomic E-state index is 3.45. The summed E-state index contributed by atoms with van der Waals surface area (Å²) in [4.78, 5) is 3.45. The van der Waals surface area contributed by atoms with Crippen molar-refractivity contribution in [3.8, 4) is 0 Å². The first-order chi connectivity index (χ1) is 7.92. The van der Waals surface area contributed by atoms with E-state index in [1.165, 1.54) is 27.3 Å². The largest absolute Gasteiger partial charge is 0.354 e. The minimum Gasteiger partial charge on any atom is -0.354 e. The van der Waals surface area contributed by atoms with Crippen molar-refractivity contribution in [1.82, 2.24) is 9.38 Å². The van der Waals surface area contributed by atoms with Crippen molar-refractivity contribution in [3.63, 3.8) is 0 Å². The third kappa shape index (κ3) is 0.910. The van der Waals surface area contributed by atoms with Crippen LogP contribution in [0.15, 0.2) is 54.9 Å². The number of hydrogen-bond donors (Lipinski definition) is 1. The number of benzene rings is 1. The van der Waals surface area contributed by atoms with Crippen molar-refractivity contribution in [3.05, 3.63) is 54.9 Å². The topological polar surface area (TPSA) is 20.2 Å². The van der Waals surface area contributed by atoms with E-state index in [4.69, 9.17) is 0 Å². The Hall–Kier alpha value is -2.22. The van der Waals surface area contributed by atoms with Gasteiger partial charge in [-0.05, 0) is 24.3 Å². The fourth-order valence-corrected chi connectivity index (χ4v) is 2.37. The van der Waals surface area contributed by atoms with Gasteiger partial charge in [-0.25, -0.2) is 0 Å². The summed E-state index contributed by atoms with van der Waals surface area (Å²) in [5.74, 6) is 0. The van der Waals surface area contributed by atoms with Gasteiger partial charge in [-0.2, -0.15) is 0 Å². The van der Waals surface area contributed by atoms with Gasteiger partial charge in [0.25, 0.3) is 0 Å². The third-order valence-electron chi connectivity index (χ3n) is 3.15. The molecule has 0 aliphatic rings. The molecule has 0 atom stereocenters. The highest BCUT2D eigenvalue weighted by Crippen LogP contribution is 2.26. The van der Waals surface area contributed by atoms with E-state index < -0.39 is 0 Å². The van der Waals surface area contributed by atoms with Gasteiger partial charge in [0.2, 0.25) is 0 Å². The molecule has 76 valence electrons. The van der Waals surface area contributed by atoms with Crippen LogP contribution in [-0.4, -0.2) is 9.38 Å². The van der Waals surface area contributed by atoms with Gasteiger partial charge in [-0.1, -0.05) is 18.2 Å². The SMILES string of the molecule is c1ccc2c(c1)[nH]c1cc3cccn3cc12. The van der Waals surface area contributed by atoms with Crippen LogP contribution in [-0.2, 0) is 0 Å². The molecule has 16 heavy (non-hydrogen) atoms. The lowest BCUT2D eigenvalue weighted by molar-refractivity contribution is 1.22. The Morgan fingerprint density at radius 2 is 1.81 bits per heavy atom. The maximum Gasteiger partial charge on any atom is 0.0500 e. The highest BCUT2D eigenvalue weighted by molar-refractivity contribution is 6.07. The predicted octanol–water partition coefficient (Wildman–Crippen LogP) is 3.57. The molecule has 4 rings (SSSR count). The molecule has 1 N–H and O–H groups in total. The minimum absolute atomic E-state index is 1.20. The van der Waals surface area contributed by atoms with Crippen LogP contribution in [0.25, 0.3) is 27.3 Å². The predicted molar refractivity (Wildman–Crippen MR) is 66.8 cm³/mol. The first-order valence-electron chi connectivity index (χ1n) is 5.39. The highest BCUT2D eigenvalue weighted by Gasteiger charge is 2.04. The fourth-order valence-electron chi connectivity index (χ4n) is 2.37. The molecular weight excluding hydrogens is 196 g/mol. The highest BCUT2D eigenvalue weighted by atomic mass is 14.9. The molecule has 2 heteroatoms. The van der Waals surface area contributed by atoms with E-state index in [-0.39, 0.29) is 0 Å². The van der Waals surface area contributed by atoms with Crippen LogP contribution >= 0.6 is 0 Å². The van der Waals surface area contributed by atoms with Crippen LogP contribution in [0.4, 0.5) is 0 Å². The lowest BCUT2D eigenvalue weighted by atomic mass is 10.2. The van der Waals surface area contributed by atoms with E-state index in [1.807, 2.05) is 0 Å². The van der Waals surface area contributed by atoms with Crippen LogP contribution in [0.5, 0.6) is 0 Å². The normalized spacial score (nSPS) is 11.8. The average molecular weight is 206 g/mol. The van der Waals surface area contributed by atoms with Gasteiger partial charge in [0.05, 0.1) is 5.52 Å². The number of nitrogens with one attached hydrogen (secondary N) is 1. The molecule has 0 unspecified atom stereocenters. The summed E-state index contributed by atoms with van der Waals surface area (Å²) in [6.07, 6.45) is 4.26. The fraction of sp³-hybridized carbons (Fsp3) is 0. The molecular formula is C14H10N2. The lowest BCUT2D eigenvalue weighted by Crippen LogP contribution is -1.80. The number of rotatable bonds is 0. The average Bonchev–Trinajstić information content (AvgIpc) is 2.88. The number of hydrogen-bond acceptors (Lipinski definition) is 0. The molecule has 0 bridgehead atoms. The molecule has 0 fully saturated rings. The first-order valence-corrected chi connectivity index (χ1v) is 5.39. The van der Waals surface area contributed by atoms with Gasteiger partial charge in [-0.3, -0.25) is 0 Å². The van der Waals surface area contributed by atoms with Crippen molar-refractivity contribution in [2.75, 3.05) is 0 Å². The summed E-state index contributed by atoms with van der Waals surface area (Å²) in [5, 5.41) is 2.56. The second-order valence-electron chi connectivity index (χ2n) is 4.11. The van der Waals surface area contributed by atoms with E-state index in [0.29, 0.717) is 0 Å². The van der Waals surface area contributed by atoms with E-state index in [9.17, 15) is 0 Å². The second-order valence-corrected chi connectivity index (χ2v) is 4.11. The third-order valence-corrected chi connectivity index (χ3v) is 3.15. The van der Waals surface area contributed by atoms with Gasteiger partial charge < -0.3 is 9.38 Å². The summed E-state index contributed by atoms with van der Waals surface area (Å²) >= 11 is 0. The van der Waals surface area contributed by atoms with Crippen molar-refractivity contribution < 1.29 is 0 Å². The number of aromatic amines is 1. The van der Waals surface area contributed by atoms with Crippen molar-refractivity contribution >= 4 is 27.3 Å². The molecule has 0 spiro atoms. The molecule has 0 radical (unpaired) electrons. The van der Waals surface area contributed by atoms with Gasteiger partial charge in [0, 0.05) is 34.2 Å². The Kier molecular flexibility index (Phi) is 1.33. The van der Waals surface area contributed by atoms with E-state index in [2.05, 4.69) is 64.2 Å². The van der Waals surface area contributed by atoms with Crippen LogP contribution in [0.3, 0.4) is 0 Å². The number of fused-ring (bicyclic) bond motifs is 4. The van der Waals surface area contributed by atoms with Gasteiger partial charge in [-0.15, -0.1) is 0 Å². The number of aromatic nitrogens is 2. The smallest absolute Gasteiger partial charge is 0.0500 e. The van der Waals surface area contributed by atoms with E-state index in [1.54, 1.807) is 0 Å². The Labute approximate surface area is 92.1 Å². The number of pyridine rings is 1. The zero-order valence-electron chi connectivity index (χ0n) is 8.64. The molecule has 3 aromatic heterocycles. The molecule has 0 aliphatic carbocycles. The quantitative estimate of drug-likeness (QED) is 0.454. The molecule has 0 aliphatic heterocycles. The Morgan fingerprint density at radius 3 is 2.81 bits per heavy atom. The number of para-hydroxylation sites is 1. The second kappa shape index (κ2) is 2.67. The Balaban J connectivity index is 2.32. The molecule has 0 amide bonds. The van der Waals surface area contributed by atoms with Crippen LogP contribution in [0, 0.1) is 0 Å². The van der Waals surface area contributed by atoms with Gasteiger partial charge in [0.15, 0.2) is 0 Å². The number of H-pyrrole nitrogens is 1. The molecule has 3 heterocycles. The van der Waals surface area contributed by atoms with E-state index >= 15 is 0 Å². The minimum atomic E-state index is 1.20. The Bertz CT molecular complexity index is 805. The van der Waals surface area contributed by atoms with Crippen molar-refractivity contribution in [1.29, 1.82) is 0 Å².